The van der Waals surface area contributed by atoms with Crippen molar-refractivity contribution in [3.63, 3.8) is 0 Å². The predicted octanol–water partition coefficient (Wildman–Crippen LogP) is 4.53. The lowest BCUT2D eigenvalue weighted by molar-refractivity contribution is 0.317. The number of rotatable bonds is 3. The third-order valence-electron chi connectivity index (χ3n) is 3.81. The van der Waals surface area contributed by atoms with E-state index in [1.807, 2.05) is 6.20 Å². The fourth-order valence-electron chi connectivity index (χ4n) is 2.69. The van der Waals surface area contributed by atoms with Crippen LogP contribution in [0.1, 0.15) is 44.6 Å². The van der Waals surface area contributed by atoms with E-state index in [1.165, 1.54) is 37.7 Å². The van der Waals surface area contributed by atoms with Gasteiger partial charge >= 0.3 is 0 Å². The van der Waals surface area contributed by atoms with Crippen molar-refractivity contribution in [3.8, 4) is 0 Å². The molecule has 94 valence electrons. The molecule has 2 atom stereocenters. The average Bonchev–Trinajstić information content (AvgIpc) is 2.34. The molecule has 1 aromatic rings. The minimum absolute atomic E-state index is 0.613. The molecule has 1 aliphatic carbocycles. The Kier molecular flexibility index (Phi) is 4.43. The van der Waals surface area contributed by atoms with Crippen molar-refractivity contribution in [1.29, 1.82) is 0 Å². The van der Waals surface area contributed by atoms with Crippen LogP contribution in [0.3, 0.4) is 0 Å². The van der Waals surface area contributed by atoms with Gasteiger partial charge in [-0.05, 0) is 53.2 Å². The van der Waals surface area contributed by atoms with Gasteiger partial charge in [0.15, 0.2) is 0 Å². The van der Waals surface area contributed by atoms with E-state index in [-0.39, 0.29) is 0 Å². The summed E-state index contributed by atoms with van der Waals surface area (Å²) in [4.78, 5) is 4.44. The Morgan fingerprint density at radius 2 is 2.18 bits per heavy atom. The summed E-state index contributed by atoms with van der Waals surface area (Å²) >= 11 is 3.49. The first-order chi connectivity index (χ1) is 8.20. The third kappa shape index (κ3) is 3.21. The van der Waals surface area contributed by atoms with Gasteiger partial charge in [0.1, 0.15) is 5.82 Å². The molecule has 0 radical (unpaired) electrons. The smallest absolute Gasteiger partial charge is 0.126 e. The standard InChI is InChI=1S/C14H21BrN2/c1-3-11-6-4-5-7-13(11)17-14-8-10(2)12(15)9-16-14/h8-9,11,13H,3-7H2,1-2H3,(H,16,17). The van der Waals surface area contributed by atoms with Crippen molar-refractivity contribution >= 4 is 21.7 Å². The van der Waals surface area contributed by atoms with E-state index >= 15 is 0 Å². The molecule has 0 aliphatic heterocycles. The Labute approximate surface area is 112 Å². The molecule has 1 N–H and O–H groups in total. The summed E-state index contributed by atoms with van der Waals surface area (Å²) in [5.41, 5.74) is 1.24. The third-order valence-corrected chi connectivity index (χ3v) is 4.64. The summed E-state index contributed by atoms with van der Waals surface area (Å²) in [6, 6.07) is 2.74. The first-order valence-corrected chi connectivity index (χ1v) is 7.38. The quantitative estimate of drug-likeness (QED) is 0.886. The van der Waals surface area contributed by atoms with Gasteiger partial charge in [0.2, 0.25) is 0 Å². The van der Waals surface area contributed by atoms with Gasteiger partial charge < -0.3 is 5.32 Å². The second kappa shape index (κ2) is 5.85. The van der Waals surface area contributed by atoms with Crippen molar-refractivity contribution in [3.05, 3.63) is 22.3 Å². The highest BCUT2D eigenvalue weighted by Gasteiger charge is 2.23. The molecule has 0 aromatic carbocycles. The largest absolute Gasteiger partial charge is 0.367 e. The molecule has 3 heteroatoms. The SMILES string of the molecule is CCC1CCCCC1Nc1cc(C)c(Br)cn1. The molecular formula is C14H21BrN2. The summed E-state index contributed by atoms with van der Waals surface area (Å²) in [7, 11) is 0. The number of halogens is 1. The van der Waals surface area contributed by atoms with E-state index in [9.17, 15) is 0 Å². The fraction of sp³-hybridized carbons (Fsp3) is 0.643. The Balaban J connectivity index is 2.05. The Morgan fingerprint density at radius 3 is 2.88 bits per heavy atom. The van der Waals surface area contributed by atoms with Crippen molar-refractivity contribution < 1.29 is 0 Å². The Bertz CT molecular complexity index is 378. The minimum Gasteiger partial charge on any atom is -0.367 e. The van der Waals surface area contributed by atoms with E-state index < -0.39 is 0 Å². The van der Waals surface area contributed by atoms with Crippen LogP contribution in [-0.4, -0.2) is 11.0 Å². The minimum atomic E-state index is 0.613. The van der Waals surface area contributed by atoms with E-state index in [1.54, 1.807) is 0 Å². The maximum Gasteiger partial charge on any atom is 0.126 e. The van der Waals surface area contributed by atoms with Crippen molar-refractivity contribution in [1.82, 2.24) is 4.98 Å². The maximum absolute atomic E-state index is 4.44. The van der Waals surface area contributed by atoms with Gasteiger partial charge in [-0.15, -0.1) is 0 Å². The van der Waals surface area contributed by atoms with Crippen LogP contribution in [0, 0.1) is 12.8 Å². The van der Waals surface area contributed by atoms with Crippen LogP contribution in [-0.2, 0) is 0 Å². The number of nitrogens with one attached hydrogen (secondary N) is 1. The maximum atomic E-state index is 4.44. The summed E-state index contributed by atoms with van der Waals surface area (Å²) in [6.07, 6.45) is 8.56. The number of hydrogen-bond donors (Lipinski definition) is 1. The Hall–Kier alpha value is -0.570. The molecule has 1 fully saturated rings. The van der Waals surface area contributed by atoms with E-state index in [2.05, 4.69) is 46.1 Å². The number of nitrogens with zero attached hydrogens (tertiary/aromatic N) is 1. The van der Waals surface area contributed by atoms with Crippen LogP contribution in [0.2, 0.25) is 0 Å². The normalized spacial score (nSPS) is 24.6. The van der Waals surface area contributed by atoms with Crippen LogP contribution in [0.15, 0.2) is 16.7 Å². The number of hydrogen-bond acceptors (Lipinski definition) is 2. The molecule has 1 heterocycles. The predicted molar refractivity (Wildman–Crippen MR) is 76.3 cm³/mol. The van der Waals surface area contributed by atoms with Crippen molar-refractivity contribution in [2.45, 2.75) is 52.0 Å². The lowest BCUT2D eigenvalue weighted by Gasteiger charge is -2.32. The van der Waals surface area contributed by atoms with Gasteiger partial charge in [-0.1, -0.05) is 26.2 Å². The van der Waals surface area contributed by atoms with Gasteiger partial charge in [-0.25, -0.2) is 4.98 Å². The van der Waals surface area contributed by atoms with Gasteiger partial charge in [-0.3, -0.25) is 0 Å². The molecule has 2 unspecified atom stereocenters. The van der Waals surface area contributed by atoms with Gasteiger partial charge in [0, 0.05) is 16.7 Å². The van der Waals surface area contributed by atoms with Gasteiger partial charge in [0.05, 0.1) is 0 Å². The number of aryl methyl sites for hydroxylation is 1. The highest BCUT2D eigenvalue weighted by molar-refractivity contribution is 9.10. The molecular weight excluding hydrogens is 276 g/mol. The van der Waals surface area contributed by atoms with Gasteiger partial charge in [-0.2, -0.15) is 0 Å². The number of pyridine rings is 1. The zero-order chi connectivity index (χ0) is 12.3. The highest BCUT2D eigenvalue weighted by atomic mass is 79.9. The van der Waals surface area contributed by atoms with Crippen molar-refractivity contribution in [2.24, 2.45) is 5.92 Å². The van der Waals surface area contributed by atoms with E-state index in [4.69, 9.17) is 0 Å². The fourth-order valence-corrected chi connectivity index (χ4v) is 2.91. The van der Waals surface area contributed by atoms with E-state index in [0.29, 0.717) is 6.04 Å². The zero-order valence-corrected chi connectivity index (χ0v) is 12.3. The zero-order valence-electron chi connectivity index (χ0n) is 10.7. The lowest BCUT2D eigenvalue weighted by Crippen LogP contribution is -2.32. The first kappa shape index (κ1) is 12.9. The molecule has 2 nitrogen and oxygen atoms in total. The molecule has 0 saturated heterocycles. The molecule has 0 bridgehead atoms. The second-order valence-corrected chi connectivity index (χ2v) is 5.88. The highest BCUT2D eigenvalue weighted by Crippen LogP contribution is 2.29. The molecule has 1 saturated carbocycles. The van der Waals surface area contributed by atoms with Crippen LogP contribution in [0.5, 0.6) is 0 Å². The number of anilines is 1. The topological polar surface area (TPSA) is 24.9 Å². The molecule has 2 rings (SSSR count). The van der Waals surface area contributed by atoms with Crippen molar-refractivity contribution in [2.75, 3.05) is 5.32 Å². The molecule has 17 heavy (non-hydrogen) atoms. The number of aromatic nitrogens is 1. The summed E-state index contributed by atoms with van der Waals surface area (Å²) in [5, 5.41) is 3.62. The lowest BCUT2D eigenvalue weighted by atomic mass is 9.83. The molecule has 0 spiro atoms. The first-order valence-electron chi connectivity index (χ1n) is 6.59. The summed E-state index contributed by atoms with van der Waals surface area (Å²) in [6.45, 7) is 4.40. The molecule has 0 amide bonds. The van der Waals surface area contributed by atoms with E-state index in [0.717, 1.165) is 16.2 Å². The summed E-state index contributed by atoms with van der Waals surface area (Å²) < 4.78 is 1.08. The second-order valence-electron chi connectivity index (χ2n) is 5.02. The van der Waals surface area contributed by atoms with Crippen LogP contribution in [0.25, 0.3) is 0 Å². The summed E-state index contributed by atoms with van der Waals surface area (Å²) in [5.74, 6) is 1.84. The average molecular weight is 297 g/mol. The van der Waals surface area contributed by atoms with Crippen LogP contribution < -0.4 is 5.32 Å². The van der Waals surface area contributed by atoms with Crippen LogP contribution in [0.4, 0.5) is 5.82 Å². The molecule has 1 aliphatic rings. The monoisotopic (exact) mass is 296 g/mol. The molecule has 1 aromatic heterocycles. The Morgan fingerprint density at radius 1 is 1.41 bits per heavy atom. The van der Waals surface area contributed by atoms with Gasteiger partial charge in [0.25, 0.3) is 0 Å². The van der Waals surface area contributed by atoms with Crippen LogP contribution >= 0.6 is 15.9 Å².